The zero-order valence-electron chi connectivity index (χ0n) is 10.8. The number of pyridine rings is 1. The molecule has 1 heterocycles. The summed E-state index contributed by atoms with van der Waals surface area (Å²) in [5.74, 6) is 0. The summed E-state index contributed by atoms with van der Waals surface area (Å²) in [6, 6.07) is 10.3. The summed E-state index contributed by atoms with van der Waals surface area (Å²) in [5, 5.41) is 11.0. The lowest BCUT2D eigenvalue weighted by atomic mass is 9.88. The maximum absolute atomic E-state index is 11.0. The molecular formula is C16H17NO. The van der Waals surface area contributed by atoms with Crippen LogP contribution in [-0.2, 0) is 12.0 Å². The largest absolute Gasteiger partial charge is 0.380 e. The Morgan fingerprint density at radius 2 is 2.00 bits per heavy atom. The summed E-state index contributed by atoms with van der Waals surface area (Å²) in [6.45, 7) is 4.02. The molecule has 1 N–H and O–H groups in total. The predicted octanol–water partition coefficient (Wildman–Crippen LogP) is 2.88. The van der Waals surface area contributed by atoms with Crippen LogP contribution in [0.5, 0.6) is 0 Å². The van der Waals surface area contributed by atoms with E-state index in [0.29, 0.717) is 0 Å². The molecule has 2 aromatic rings. The maximum Gasteiger partial charge on any atom is 0.117 e. The number of rotatable bonds is 1. The number of hydrogen-bond acceptors (Lipinski definition) is 2. The summed E-state index contributed by atoms with van der Waals surface area (Å²) in [7, 11) is 0. The molecule has 2 heteroatoms. The summed E-state index contributed by atoms with van der Waals surface area (Å²) in [4.78, 5) is 4.30. The van der Waals surface area contributed by atoms with Gasteiger partial charge in [0, 0.05) is 17.5 Å². The number of aliphatic hydroxyl groups is 1. The van der Waals surface area contributed by atoms with Crippen molar-refractivity contribution in [2.75, 3.05) is 0 Å². The first-order valence-electron chi connectivity index (χ1n) is 6.35. The number of hydrogen-bond donors (Lipinski definition) is 1. The molecule has 0 spiro atoms. The van der Waals surface area contributed by atoms with Gasteiger partial charge in [-0.25, -0.2) is 0 Å². The van der Waals surface area contributed by atoms with Crippen molar-refractivity contribution in [1.29, 1.82) is 0 Å². The van der Waals surface area contributed by atoms with E-state index in [2.05, 4.69) is 30.1 Å². The van der Waals surface area contributed by atoms with Gasteiger partial charge in [0.05, 0.1) is 0 Å². The molecule has 1 unspecified atom stereocenters. The highest BCUT2D eigenvalue weighted by Crippen LogP contribution is 2.42. The smallest absolute Gasteiger partial charge is 0.117 e. The Balaban J connectivity index is 2.13. The Morgan fingerprint density at radius 3 is 2.72 bits per heavy atom. The van der Waals surface area contributed by atoms with Crippen LogP contribution >= 0.6 is 0 Å². The second kappa shape index (κ2) is 3.92. The number of fused-ring (bicyclic) bond motifs is 1. The highest BCUT2D eigenvalue weighted by Gasteiger charge is 2.38. The van der Waals surface area contributed by atoms with Crippen molar-refractivity contribution in [3.63, 3.8) is 0 Å². The fourth-order valence-corrected chi connectivity index (χ4v) is 2.76. The van der Waals surface area contributed by atoms with Crippen LogP contribution in [-0.4, -0.2) is 10.1 Å². The third-order valence-corrected chi connectivity index (χ3v) is 3.86. The van der Waals surface area contributed by atoms with Crippen molar-refractivity contribution in [3.05, 3.63) is 64.5 Å². The zero-order valence-corrected chi connectivity index (χ0v) is 10.8. The van der Waals surface area contributed by atoms with Gasteiger partial charge >= 0.3 is 0 Å². The Labute approximate surface area is 107 Å². The standard InChI is InChI=1S/C16H17NO/c1-11-3-5-13-7-8-16(18,15(13)9-11)14-6-4-12(2)17-10-14/h3-6,9-10,18H,7-8H2,1-2H3. The highest BCUT2D eigenvalue weighted by molar-refractivity contribution is 5.46. The van der Waals surface area contributed by atoms with Crippen LogP contribution in [0.25, 0.3) is 0 Å². The average Bonchev–Trinajstić information content (AvgIpc) is 2.69. The van der Waals surface area contributed by atoms with Gasteiger partial charge in [-0.3, -0.25) is 4.98 Å². The fourth-order valence-electron chi connectivity index (χ4n) is 2.76. The van der Waals surface area contributed by atoms with Gasteiger partial charge in [-0.2, -0.15) is 0 Å². The van der Waals surface area contributed by atoms with Crippen LogP contribution in [0.4, 0.5) is 0 Å². The Bertz CT molecular complexity index is 589. The third-order valence-electron chi connectivity index (χ3n) is 3.86. The van der Waals surface area contributed by atoms with E-state index in [0.717, 1.165) is 29.7 Å². The third kappa shape index (κ3) is 1.65. The maximum atomic E-state index is 11.0. The van der Waals surface area contributed by atoms with Crippen LogP contribution in [0.2, 0.25) is 0 Å². The molecule has 1 aromatic heterocycles. The van der Waals surface area contributed by atoms with Crippen LogP contribution < -0.4 is 0 Å². The molecule has 0 aliphatic heterocycles. The number of nitrogens with zero attached hydrogens (tertiary/aromatic N) is 1. The number of aromatic nitrogens is 1. The monoisotopic (exact) mass is 239 g/mol. The summed E-state index contributed by atoms with van der Waals surface area (Å²) < 4.78 is 0. The average molecular weight is 239 g/mol. The lowest BCUT2D eigenvalue weighted by molar-refractivity contribution is 0.0825. The number of aryl methyl sites for hydroxylation is 3. The predicted molar refractivity (Wildman–Crippen MR) is 71.5 cm³/mol. The van der Waals surface area contributed by atoms with E-state index in [1.54, 1.807) is 6.20 Å². The molecule has 0 bridgehead atoms. The van der Waals surface area contributed by atoms with E-state index in [1.807, 2.05) is 19.1 Å². The van der Waals surface area contributed by atoms with E-state index in [-0.39, 0.29) is 0 Å². The molecule has 1 aromatic carbocycles. The Hall–Kier alpha value is -1.67. The minimum atomic E-state index is -0.859. The first-order valence-corrected chi connectivity index (χ1v) is 6.35. The van der Waals surface area contributed by atoms with Gasteiger partial charge in [0.2, 0.25) is 0 Å². The van der Waals surface area contributed by atoms with E-state index < -0.39 is 5.60 Å². The topological polar surface area (TPSA) is 33.1 Å². The van der Waals surface area contributed by atoms with E-state index in [1.165, 1.54) is 11.1 Å². The van der Waals surface area contributed by atoms with Crippen molar-refractivity contribution in [2.24, 2.45) is 0 Å². The lowest BCUT2D eigenvalue weighted by Gasteiger charge is -2.24. The van der Waals surface area contributed by atoms with E-state index in [9.17, 15) is 5.11 Å². The molecular weight excluding hydrogens is 222 g/mol. The molecule has 0 saturated carbocycles. The molecule has 0 radical (unpaired) electrons. The van der Waals surface area contributed by atoms with Crippen molar-refractivity contribution in [2.45, 2.75) is 32.3 Å². The highest BCUT2D eigenvalue weighted by atomic mass is 16.3. The molecule has 1 atom stereocenters. The second-order valence-electron chi connectivity index (χ2n) is 5.21. The second-order valence-corrected chi connectivity index (χ2v) is 5.21. The van der Waals surface area contributed by atoms with Crippen LogP contribution in [0.15, 0.2) is 36.5 Å². The van der Waals surface area contributed by atoms with Gasteiger partial charge in [0.15, 0.2) is 0 Å². The normalized spacial score (nSPS) is 21.9. The van der Waals surface area contributed by atoms with Gasteiger partial charge in [-0.05, 0) is 43.9 Å². The van der Waals surface area contributed by atoms with Gasteiger partial charge in [0.25, 0.3) is 0 Å². The molecule has 0 fully saturated rings. The molecule has 18 heavy (non-hydrogen) atoms. The van der Waals surface area contributed by atoms with Crippen molar-refractivity contribution >= 4 is 0 Å². The quantitative estimate of drug-likeness (QED) is 0.830. The Kier molecular flexibility index (Phi) is 2.49. The van der Waals surface area contributed by atoms with Crippen molar-refractivity contribution in [1.82, 2.24) is 4.98 Å². The Morgan fingerprint density at radius 1 is 1.17 bits per heavy atom. The number of benzene rings is 1. The summed E-state index contributed by atoms with van der Waals surface area (Å²) >= 11 is 0. The molecule has 3 rings (SSSR count). The van der Waals surface area contributed by atoms with E-state index in [4.69, 9.17) is 0 Å². The fraction of sp³-hybridized carbons (Fsp3) is 0.312. The minimum Gasteiger partial charge on any atom is -0.380 e. The first kappa shape index (κ1) is 11.4. The lowest BCUT2D eigenvalue weighted by Crippen LogP contribution is -2.24. The van der Waals surface area contributed by atoms with Crippen LogP contribution in [0.3, 0.4) is 0 Å². The molecule has 2 nitrogen and oxygen atoms in total. The van der Waals surface area contributed by atoms with Gasteiger partial charge < -0.3 is 5.11 Å². The molecule has 1 aliphatic carbocycles. The molecule has 92 valence electrons. The zero-order chi connectivity index (χ0) is 12.8. The van der Waals surface area contributed by atoms with Gasteiger partial charge in [-0.1, -0.05) is 29.8 Å². The molecule has 1 aliphatic rings. The van der Waals surface area contributed by atoms with E-state index >= 15 is 0 Å². The summed E-state index contributed by atoms with van der Waals surface area (Å²) in [5.41, 5.74) is 4.51. The first-order chi connectivity index (χ1) is 8.59. The van der Waals surface area contributed by atoms with Gasteiger partial charge in [0.1, 0.15) is 5.60 Å². The van der Waals surface area contributed by atoms with Crippen LogP contribution in [0.1, 0.15) is 34.4 Å². The SMILES string of the molecule is Cc1ccc2c(c1)C(O)(c1ccc(C)nc1)CC2. The minimum absolute atomic E-state index is 0.747. The van der Waals surface area contributed by atoms with Crippen molar-refractivity contribution in [3.8, 4) is 0 Å². The molecule has 0 amide bonds. The van der Waals surface area contributed by atoms with Crippen LogP contribution in [0, 0.1) is 13.8 Å². The summed E-state index contributed by atoms with van der Waals surface area (Å²) in [6.07, 6.45) is 3.48. The molecule has 0 saturated heterocycles. The van der Waals surface area contributed by atoms with Gasteiger partial charge in [-0.15, -0.1) is 0 Å². The van der Waals surface area contributed by atoms with Crippen molar-refractivity contribution < 1.29 is 5.11 Å².